The number of aldehydes is 1. The second-order valence-corrected chi connectivity index (χ2v) is 5.91. The average molecular weight is 279 g/mol. The van der Waals surface area contributed by atoms with E-state index in [2.05, 4.69) is 12.2 Å². The van der Waals surface area contributed by atoms with E-state index in [1.54, 1.807) is 7.11 Å². The van der Waals surface area contributed by atoms with Gasteiger partial charge < -0.3 is 10.1 Å². The quantitative estimate of drug-likeness (QED) is 0.840. The fourth-order valence-electron chi connectivity index (χ4n) is 2.30. The molecule has 0 aromatic heterocycles. The number of carbonyl (C=O) groups is 1. The lowest BCUT2D eigenvalue weighted by atomic mass is 10.1. The van der Waals surface area contributed by atoms with Crippen molar-refractivity contribution in [2.45, 2.75) is 43.7 Å². The number of ether oxygens (including phenoxy) is 1. The lowest BCUT2D eigenvalue weighted by Gasteiger charge is -2.14. The molecule has 1 N–H and O–H groups in total. The molecule has 4 heteroatoms. The van der Waals surface area contributed by atoms with Crippen LogP contribution < -0.4 is 10.1 Å². The summed E-state index contributed by atoms with van der Waals surface area (Å²) in [5.74, 6) is 1.74. The van der Waals surface area contributed by atoms with Gasteiger partial charge in [-0.15, -0.1) is 11.8 Å². The molecule has 1 aromatic carbocycles. The number of thioether (sulfide) groups is 1. The molecule has 0 saturated heterocycles. The zero-order valence-electron chi connectivity index (χ0n) is 11.6. The molecular formula is C15H21NO2S. The molecule has 3 nitrogen and oxygen atoms in total. The van der Waals surface area contributed by atoms with E-state index < -0.39 is 0 Å². The Bertz CT molecular complexity index is 448. The number of rotatable bonds is 5. The van der Waals surface area contributed by atoms with Gasteiger partial charge >= 0.3 is 0 Å². The molecule has 104 valence electrons. The Morgan fingerprint density at radius 3 is 3.05 bits per heavy atom. The first-order valence-corrected chi connectivity index (χ1v) is 7.79. The number of carbonyl (C=O) groups excluding carboxylic acids is 1. The van der Waals surface area contributed by atoms with Crippen molar-refractivity contribution in [2.24, 2.45) is 0 Å². The number of unbranched alkanes of at least 4 members (excludes halogenated alkanes) is 1. The first-order chi connectivity index (χ1) is 9.28. The van der Waals surface area contributed by atoms with Crippen LogP contribution in [0, 0.1) is 0 Å². The van der Waals surface area contributed by atoms with E-state index in [1.807, 2.05) is 23.9 Å². The number of benzene rings is 1. The van der Waals surface area contributed by atoms with E-state index in [0.29, 0.717) is 17.4 Å². The predicted octanol–water partition coefficient (Wildman–Crippen LogP) is 3.26. The number of nitrogens with one attached hydrogen (secondary N) is 1. The third kappa shape index (κ3) is 3.51. The summed E-state index contributed by atoms with van der Waals surface area (Å²) in [6, 6.07) is 4.50. The van der Waals surface area contributed by atoms with Crippen molar-refractivity contribution in [1.29, 1.82) is 0 Å². The van der Waals surface area contributed by atoms with E-state index >= 15 is 0 Å². The summed E-state index contributed by atoms with van der Waals surface area (Å²) in [4.78, 5) is 12.3. The summed E-state index contributed by atoms with van der Waals surface area (Å²) >= 11 is 1.84. The van der Waals surface area contributed by atoms with Gasteiger partial charge in [0.1, 0.15) is 5.75 Å². The second kappa shape index (κ2) is 6.96. The molecule has 0 bridgehead atoms. The largest absolute Gasteiger partial charge is 0.496 e. The fourth-order valence-corrected chi connectivity index (χ4v) is 3.49. The van der Waals surface area contributed by atoms with Crippen LogP contribution in [-0.4, -0.2) is 25.2 Å². The number of fused-ring (bicyclic) bond motifs is 1. The van der Waals surface area contributed by atoms with E-state index in [-0.39, 0.29) is 0 Å². The fraction of sp³-hybridized carbons (Fsp3) is 0.533. The van der Waals surface area contributed by atoms with E-state index in [4.69, 9.17) is 4.74 Å². The topological polar surface area (TPSA) is 38.3 Å². The minimum absolute atomic E-state index is 0.558. The Hall–Kier alpha value is -1.00. The number of methoxy groups -OCH3 is 1. The van der Waals surface area contributed by atoms with Crippen molar-refractivity contribution >= 4 is 18.0 Å². The number of hydrogen-bond acceptors (Lipinski definition) is 4. The zero-order valence-corrected chi connectivity index (χ0v) is 12.4. The molecule has 0 saturated carbocycles. The van der Waals surface area contributed by atoms with Gasteiger partial charge in [0.2, 0.25) is 0 Å². The maximum absolute atomic E-state index is 11.1. The molecule has 1 atom stereocenters. The average Bonchev–Trinajstić information content (AvgIpc) is 2.65. The van der Waals surface area contributed by atoms with Gasteiger partial charge in [-0.25, -0.2) is 0 Å². The van der Waals surface area contributed by atoms with Crippen LogP contribution in [0.5, 0.6) is 5.75 Å². The molecule has 0 amide bonds. The Labute approximate surface area is 119 Å². The van der Waals surface area contributed by atoms with E-state index in [1.165, 1.54) is 29.7 Å². The van der Waals surface area contributed by atoms with Gasteiger partial charge in [-0.2, -0.15) is 0 Å². The van der Waals surface area contributed by atoms with Crippen molar-refractivity contribution in [3.05, 3.63) is 23.3 Å². The molecule has 1 aromatic rings. The van der Waals surface area contributed by atoms with Crippen LogP contribution in [0.1, 0.15) is 42.1 Å². The van der Waals surface area contributed by atoms with Crippen LogP contribution in [0.25, 0.3) is 0 Å². The molecule has 1 aliphatic rings. The molecule has 0 spiro atoms. The van der Waals surface area contributed by atoms with Crippen LogP contribution in [0.4, 0.5) is 0 Å². The lowest BCUT2D eigenvalue weighted by Crippen LogP contribution is -2.29. The van der Waals surface area contributed by atoms with Crippen LogP contribution >= 0.6 is 11.8 Å². The summed E-state index contributed by atoms with van der Waals surface area (Å²) in [7, 11) is 1.61. The van der Waals surface area contributed by atoms with Crippen LogP contribution in [0.15, 0.2) is 17.0 Å². The van der Waals surface area contributed by atoms with Crippen molar-refractivity contribution in [2.75, 3.05) is 12.9 Å². The van der Waals surface area contributed by atoms with Gasteiger partial charge in [-0.3, -0.25) is 4.79 Å². The van der Waals surface area contributed by atoms with Gasteiger partial charge in [-0.05, 0) is 24.1 Å². The molecule has 19 heavy (non-hydrogen) atoms. The monoisotopic (exact) mass is 279 g/mol. The third-order valence-electron chi connectivity index (χ3n) is 3.47. The summed E-state index contributed by atoms with van der Waals surface area (Å²) < 4.78 is 5.27. The second-order valence-electron chi connectivity index (χ2n) is 4.85. The summed E-state index contributed by atoms with van der Waals surface area (Å²) in [5.41, 5.74) is 1.87. The van der Waals surface area contributed by atoms with Crippen molar-refractivity contribution < 1.29 is 9.53 Å². The summed E-state index contributed by atoms with van der Waals surface area (Å²) in [5, 5.41) is 3.60. The Morgan fingerprint density at radius 2 is 2.37 bits per heavy atom. The Kier molecular flexibility index (Phi) is 5.28. The summed E-state index contributed by atoms with van der Waals surface area (Å²) in [6.45, 7) is 3.08. The highest BCUT2D eigenvalue weighted by Crippen LogP contribution is 2.32. The lowest BCUT2D eigenvalue weighted by molar-refractivity contribution is 0.112. The standard InChI is InChI=1S/C15H21NO2S/c1-3-4-5-13-10-19-15-7-12(9-17)14(18-2)6-11(15)8-16-13/h6-7,9,13,16H,3-5,8,10H2,1-2H3. The zero-order chi connectivity index (χ0) is 13.7. The SMILES string of the molecule is CCCCC1CSc2cc(C=O)c(OC)cc2CN1. The van der Waals surface area contributed by atoms with Crippen LogP contribution in [0.3, 0.4) is 0 Å². The minimum atomic E-state index is 0.558. The molecule has 2 rings (SSSR count). The van der Waals surface area contributed by atoms with Crippen LogP contribution in [-0.2, 0) is 6.54 Å². The van der Waals surface area contributed by atoms with Gasteiger partial charge in [0.25, 0.3) is 0 Å². The highest BCUT2D eigenvalue weighted by molar-refractivity contribution is 7.99. The highest BCUT2D eigenvalue weighted by atomic mass is 32.2. The molecular weight excluding hydrogens is 258 g/mol. The van der Waals surface area contributed by atoms with Crippen molar-refractivity contribution in [1.82, 2.24) is 5.32 Å². The van der Waals surface area contributed by atoms with Crippen LogP contribution in [0.2, 0.25) is 0 Å². The van der Waals surface area contributed by atoms with Gasteiger partial charge in [0.05, 0.1) is 12.7 Å². The maximum atomic E-state index is 11.1. The smallest absolute Gasteiger partial charge is 0.153 e. The molecule has 1 aliphatic heterocycles. The Morgan fingerprint density at radius 1 is 1.53 bits per heavy atom. The highest BCUT2D eigenvalue weighted by Gasteiger charge is 2.18. The van der Waals surface area contributed by atoms with Gasteiger partial charge in [0.15, 0.2) is 6.29 Å². The van der Waals surface area contributed by atoms with Crippen molar-refractivity contribution in [3.63, 3.8) is 0 Å². The molecule has 1 unspecified atom stereocenters. The maximum Gasteiger partial charge on any atom is 0.153 e. The molecule has 0 radical (unpaired) electrons. The van der Waals surface area contributed by atoms with Gasteiger partial charge in [0, 0.05) is 23.2 Å². The molecule has 1 heterocycles. The molecule has 0 fully saturated rings. The van der Waals surface area contributed by atoms with E-state index in [0.717, 1.165) is 18.6 Å². The third-order valence-corrected chi connectivity index (χ3v) is 4.73. The van der Waals surface area contributed by atoms with E-state index in [9.17, 15) is 4.79 Å². The van der Waals surface area contributed by atoms with Gasteiger partial charge in [-0.1, -0.05) is 19.8 Å². The minimum Gasteiger partial charge on any atom is -0.496 e. The summed E-state index contributed by atoms with van der Waals surface area (Å²) in [6.07, 6.45) is 4.58. The Balaban J connectivity index is 2.15. The first-order valence-electron chi connectivity index (χ1n) is 6.80. The number of hydrogen-bond donors (Lipinski definition) is 1. The predicted molar refractivity (Wildman–Crippen MR) is 79.3 cm³/mol. The normalized spacial score (nSPS) is 18.5. The first kappa shape index (κ1) is 14.4. The molecule has 0 aliphatic carbocycles. The van der Waals surface area contributed by atoms with Crippen molar-refractivity contribution in [3.8, 4) is 5.75 Å².